The number of non-ortho nitro benzene ring substituents is 1. The van der Waals surface area contributed by atoms with Crippen molar-refractivity contribution in [3.8, 4) is 0 Å². The minimum absolute atomic E-state index is 0.161. The first-order valence-corrected chi connectivity index (χ1v) is 9.87. The first-order valence-electron chi connectivity index (χ1n) is 9.50. The highest BCUT2D eigenvalue weighted by molar-refractivity contribution is 6.31. The van der Waals surface area contributed by atoms with Crippen molar-refractivity contribution in [1.29, 1.82) is 0 Å². The Morgan fingerprint density at radius 2 is 2.00 bits per heavy atom. The number of rotatable bonds is 6. The van der Waals surface area contributed by atoms with Crippen molar-refractivity contribution < 1.29 is 9.72 Å². The summed E-state index contributed by atoms with van der Waals surface area (Å²) in [6, 6.07) is 9.97. The van der Waals surface area contributed by atoms with Crippen LogP contribution >= 0.6 is 11.6 Å². The van der Waals surface area contributed by atoms with Crippen LogP contribution in [0.1, 0.15) is 42.5 Å². The quantitative estimate of drug-likeness (QED) is 0.432. The number of nitro benzene ring substituents is 1. The third-order valence-electron chi connectivity index (χ3n) is 5.04. The number of carbonyl (C=O) groups is 1. The van der Waals surface area contributed by atoms with E-state index in [1.54, 1.807) is 29.8 Å². The number of amides is 1. The number of benzene rings is 2. The predicted octanol–water partition coefficient (Wildman–Crippen LogP) is 4.20. The van der Waals surface area contributed by atoms with Crippen molar-refractivity contribution in [3.63, 3.8) is 0 Å². The molecular formula is C21H21ClN4O4. The molecule has 0 spiro atoms. The molecular weight excluding hydrogens is 408 g/mol. The van der Waals surface area contributed by atoms with E-state index in [1.807, 2.05) is 13.8 Å². The second-order valence-electron chi connectivity index (χ2n) is 6.83. The molecule has 3 aromatic rings. The highest BCUT2D eigenvalue weighted by Crippen LogP contribution is 2.26. The molecule has 30 heavy (non-hydrogen) atoms. The van der Waals surface area contributed by atoms with Gasteiger partial charge in [0.15, 0.2) is 0 Å². The van der Waals surface area contributed by atoms with E-state index < -0.39 is 16.9 Å². The van der Waals surface area contributed by atoms with Gasteiger partial charge in [-0.15, -0.1) is 0 Å². The highest BCUT2D eigenvalue weighted by atomic mass is 35.5. The maximum atomic E-state index is 13.1. The van der Waals surface area contributed by atoms with Gasteiger partial charge in [0.2, 0.25) is 0 Å². The third-order valence-corrected chi connectivity index (χ3v) is 5.27. The third kappa shape index (κ3) is 3.91. The number of hydrogen-bond donors (Lipinski definition) is 0. The van der Waals surface area contributed by atoms with Gasteiger partial charge in [-0.1, -0.05) is 24.6 Å². The van der Waals surface area contributed by atoms with Crippen molar-refractivity contribution >= 4 is 34.1 Å². The number of nitro groups is 1. The second-order valence-corrected chi connectivity index (χ2v) is 7.26. The Kier molecular flexibility index (Phi) is 6.17. The lowest BCUT2D eigenvalue weighted by Crippen LogP contribution is -2.36. The van der Waals surface area contributed by atoms with Gasteiger partial charge in [-0.25, -0.2) is 4.98 Å². The van der Waals surface area contributed by atoms with E-state index in [4.69, 9.17) is 11.6 Å². The van der Waals surface area contributed by atoms with Gasteiger partial charge in [0, 0.05) is 36.3 Å². The SMILES string of the molecule is CCC(c1nc2cc(Cl)ccc2c(=O)n1CC)N(C)C(=O)c1cccc([N+](=O)[O-])c1. The van der Waals surface area contributed by atoms with Crippen LogP contribution in [0.2, 0.25) is 5.02 Å². The van der Waals surface area contributed by atoms with Gasteiger partial charge in [-0.2, -0.15) is 0 Å². The zero-order valence-electron chi connectivity index (χ0n) is 16.8. The van der Waals surface area contributed by atoms with Crippen LogP contribution in [0.4, 0.5) is 5.69 Å². The summed E-state index contributed by atoms with van der Waals surface area (Å²) in [6.07, 6.45) is 0.496. The predicted molar refractivity (Wildman–Crippen MR) is 115 cm³/mol. The van der Waals surface area contributed by atoms with E-state index in [0.29, 0.717) is 34.7 Å². The van der Waals surface area contributed by atoms with Gasteiger partial charge in [0.25, 0.3) is 17.2 Å². The minimum atomic E-state index is -0.544. The summed E-state index contributed by atoms with van der Waals surface area (Å²) in [5.74, 6) is 0.0506. The van der Waals surface area contributed by atoms with E-state index in [9.17, 15) is 19.7 Å². The first-order chi connectivity index (χ1) is 14.3. The molecule has 1 amide bonds. The monoisotopic (exact) mass is 428 g/mol. The lowest BCUT2D eigenvalue weighted by atomic mass is 10.1. The maximum Gasteiger partial charge on any atom is 0.270 e. The molecule has 1 unspecified atom stereocenters. The van der Waals surface area contributed by atoms with Crippen LogP contribution in [0.25, 0.3) is 10.9 Å². The first kappa shape index (κ1) is 21.4. The summed E-state index contributed by atoms with van der Waals surface area (Å²) in [7, 11) is 1.60. The van der Waals surface area contributed by atoms with Crippen LogP contribution < -0.4 is 5.56 Å². The Morgan fingerprint density at radius 1 is 1.27 bits per heavy atom. The van der Waals surface area contributed by atoms with E-state index in [1.165, 1.54) is 29.2 Å². The van der Waals surface area contributed by atoms with E-state index in [2.05, 4.69) is 4.98 Å². The summed E-state index contributed by atoms with van der Waals surface area (Å²) >= 11 is 6.08. The molecule has 1 aromatic heterocycles. The zero-order chi connectivity index (χ0) is 22.0. The number of carbonyl (C=O) groups excluding carboxylic acids is 1. The largest absolute Gasteiger partial charge is 0.332 e. The van der Waals surface area contributed by atoms with E-state index in [-0.39, 0.29) is 16.8 Å². The van der Waals surface area contributed by atoms with Crippen molar-refractivity contribution in [2.45, 2.75) is 32.9 Å². The van der Waals surface area contributed by atoms with Crippen LogP contribution in [0.5, 0.6) is 0 Å². The molecule has 0 bridgehead atoms. The number of aromatic nitrogens is 2. The van der Waals surface area contributed by atoms with Gasteiger partial charge in [0.1, 0.15) is 5.82 Å². The minimum Gasteiger partial charge on any atom is -0.332 e. The molecule has 156 valence electrons. The smallest absolute Gasteiger partial charge is 0.270 e. The molecule has 9 heteroatoms. The normalized spacial score (nSPS) is 12.0. The summed E-state index contributed by atoms with van der Waals surface area (Å²) in [5.41, 5.74) is 0.288. The molecule has 0 aliphatic carbocycles. The fraction of sp³-hybridized carbons (Fsp3) is 0.286. The van der Waals surface area contributed by atoms with Crippen LogP contribution in [-0.4, -0.2) is 32.3 Å². The molecule has 1 atom stereocenters. The molecule has 0 saturated carbocycles. The Morgan fingerprint density at radius 3 is 2.63 bits per heavy atom. The molecule has 0 aliphatic rings. The van der Waals surface area contributed by atoms with Crippen molar-refractivity contribution in [3.05, 3.63) is 79.3 Å². The van der Waals surface area contributed by atoms with Crippen LogP contribution in [0.3, 0.4) is 0 Å². The zero-order valence-corrected chi connectivity index (χ0v) is 17.6. The van der Waals surface area contributed by atoms with Gasteiger partial charge in [-0.05, 0) is 37.6 Å². The van der Waals surface area contributed by atoms with Crippen LogP contribution in [0.15, 0.2) is 47.3 Å². The van der Waals surface area contributed by atoms with Gasteiger partial charge in [-0.3, -0.25) is 24.3 Å². The lowest BCUT2D eigenvalue weighted by Gasteiger charge is -2.29. The fourth-order valence-electron chi connectivity index (χ4n) is 3.50. The van der Waals surface area contributed by atoms with E-state index >= 15 is 0 Å². The molecule has 2 aromatic carbocycles. The second kappa shape index (κ2) is 8.62. The van der Waals surface area contributed by atoms with Crippen molar-refractivity contribution in [1.82, 2.24) is 14.5 Å². The average molecular weight is 429 g/mol. The Hall–Kier alpha value is -3.26. The lowest BCUT2D eigenvalue weighted by molar-refractivity contribution is -0.384. The summed E-state index contributed by atoms with van der Waals surface area (Å²) in [5, 5.41) is 12.0. The molecule has 0 aliphatic heterocycles. The number of fused-ring (bicyclic) bond motifs is 1. The summed E-state index contributed by atoms with van der Waals surface area (Å²) in [4.78, 5) is 42.7. The number of nitrogens with zero attached hydrogens (tertiary/aromatic N) is 4. The summed E-state index contributed by atoms with van der Waals surface area (Å²) in [6.45, 7) is 4.11. The molecule has 3 rings (SSSR count). The standard InChI is InChI=1S/C21H21ClN4O4/c1-4-18(24(3)20(27)13-7-6-8-15(11-13)26(29)30)19-23-17-12-14(22)9-10-16(17)21(28)25(19)5-2/h6-12,18H,4-5H2,1-3H3. The number of hydrogen-bond acceptors (Lipinski definition) is 5. The average Bonchev–Trinajstić information content (AvgIpc) is 2.73. The topological polar surface area (TPSA) is 98.3 Å². The van der Waals surface area contributed by atoms with Crippen molar-refractivity contribution in [2.24, 2.45) is 0 Å². The maximum absolute atomic E-state index is 13.1. The fourth-order valence-corrected chi connectivity index (χ4v) is 3.67. The van der Waals surface area contributed by atoms with Gasteiger partial charge >= 0.3 is 0 Å². The molecule has 0 saturated heterocycles. The molecule has 0 N–H and O–H groups in total. The van der Waals surface area contributed by atoms with Gasteiger partial charge in [0.05, 0.1) is 21.9 Å². The molecule has 1 heterocycles. The highest BCUT2D eigenvalue weighted by Gasteiger charge is 2.27. The van der Waals surface area contributed by atoms with Crippen LogP contribution in [0, 0.1) is 10.1 Å². The van der Waals surface area contributed by atoms with Gasteiger partial charge < -0.3 is 4.90 Å². The van der Waals surface area contributed by atoms with E-state index in [0.717, 1.165) is 0 Å². The Balaban J connectivity index is 2.09. The molecule has 8 nitrogen and oxygen atoms in total. The molecule has 0 fully saturated rings. The summed E-state index contributed by atoms with van der Waals surface area (Å²) < 4.78 is 1.54. The Labute approximate surface area is 177 Å². The molecule has 0 radical (unpaired) electrons. The Bertz CT molecular complexity index is 1190. The number of halogens is 1. The van der Waals surface area contributed by atoms with Crippen molar-refractivity contribution in [2.75, 3.05) is 7.05 Å². The van der Waals surface area contributed by atoms with Crippen LogP contribution in [-0.2, 0) is 6.54 Å².